The number of thiazole rings is 1. The molecule has 2 aromatic carbocycles. The minimum atomic E-state index is -0.258. The lowest BCUT2D eigenvalue weighted by atomic mass is 10.2. The second-order valence-corrected chi connectivity index (χ2v) is 5.43. The van der Waals surface area contributed by atoms with Crippen LogP contribution in [0.25, 0.3) is 26.5 Å². The van der Waals surface area contributed by atoms with Gasteiger partial charge in [0, 0.05) is 5.56 Å². The van der Waals surface area contributed by atoms with Crippen molar-refractivity contribution >= 4 is 21.6 Å². The third-order valence-corrected chi connectivity index (χ3v) is 4.13. The first-order valence-corrected chi connectivity index (χ1v) is 7.02. The number of aromatic nitrogens is 5. The van der Waals surface area contributed by atoms with E-state index in [1.807, 2.05) is 24.3 Å². The number of benzene rings is 2. The lowest BCUT2D eigenvalue weighted by molar-refractivity contribution is 0.630. The molecule has 0 amide bonds. The zero-order valence-electron chi connectivity index (χ0n) is 10.6. The molecule has 0 bridgehead atoms. The van der Waals surface area contributed by atoms with E-state index in [0.29, 0.717) is 0 Å². The van der Waals surface area contributed by atoms with Crippen LogP contribution in [0.3, 0.4) is 0 Å². The molecule has 4 aromatic rings. The van der Waals surface area contributed by atoms with Gasteiger partial charge in [-0.3, -0.25) is 0 Å². The van der Waals surface area contributed by atoms with Crippen molar-refractivity contribution in [3.63, 3.8) is 0 Å². The van der Waals surface area contributed by atoms with Crippen LogP contribution in [-0.2, 0) is 0 Å². The van der Waals surface area contributed by atoms with Crippen LogP contribution in [0, 0.1) is 5.82 Å². The first-order chi connectivity index (χ1) is 10.3. The first kappa shape index (κ1) is 12.1. The van der Waals surface area contributed by atoms with E-state index in [0.717, 1.165) is 26.5 Å². The van der Waals surface area contributed by atoms with Crippen molar-refractivity contribution in [3.8, 4) is 16.3 Å². The maximum atomic E-state index is 13.3. The topological polar surface area (TPSA) is 56.5 Å². The second-order valence-electron chi connectivity index (χ2n) is 4.40. The minimum absolute atomic E-state index is 0.258. The predicted molar refractivity (Wildman–Crippen MR) is 77.7 cm³/mol. The van der Waals surface area contributed by atoms with Gasteiger partial charge in [0.2, 0.25) is 0 Å². The average molecular weight is 297 g/mol. The molecule has 0 aliphatic rings. The smallest absolute Gasteiger partial charge is 0.143 e. The summed E-state index contributed by atoms with van der Waals surface area (Å²) in [6.07, 6.45) is 1.53. The molecule has 0 radical (unpaired) electrons. The molecule has 5 nitrogen and oxygen atoms in total. The number of hydrogen-bond acceptors (Lipinski definition) is 5. The first-order valence-electron chi connectivity index (χ1n) is 6.20. The molecule has 0 fully saturated rings. The number of fused-ring (bicyclic) bond motifs is 1. The fraction of sp³-hybridized carbons (Fsp3) is 0. The molecule has 0 aliphatic carbocycles. The van der Waals surface area contributed by atoms with Crippen LogP contribution in [0.2, 0.25) is 0 Å². The predicted octanol–water partition coefficient (Wildman–Crippen LogP) is 3.08. The molecule has 2 aromatic heterocycles. The van der Waals surface area contributed by atoms with E-state index in [4.69, 9.17) is 0 Å². The molecular formula is C14H8FN5S. The maximum absolute atomic E-state index is 13.3. The number of hydrogen-bond donors (Lipinski definition) is 0. The molecule has 0 N–H and O–H groups in total. The molecule has 4 rings (SSSR count). The van der Waals surface area contributed by atoms with E-state index in [9.17, 15) is 4.39 Å². The molecule has 102 valence electrons. The molecule has 0 aliphatic heterocycles. The Morgan fingerprint density at radius 1 is 1.10 bits per heavy atom. The number of tetrazole rings is 1. The lowest BCUT2D eigenvalue weighted by Crippen LogP contribution is -1.97. The summed E-state index contributed by atoms with van der Waals surface area (Å²) in [5.41, 5.74) is 2.52. The van der Waals surface area contributed by atoms with Crippen molar-refractivity contribution in [1.82, 2.24) is 25.2 Å². The second kappa shape index (κ2) is 4.71. The van der Waals surface area contributed by atoms with Gasteiger partial charge in [-0.05, 0) is 40.8 Å². The normalized spacial score (nSPS) is 11.1. The molecule has 0 saturated heterocycles. The Hall–Kier alpha value is -2.67. The van der Waals surface area contributed by atoms with Gasteiger partial charge in [0.25, 0.3) is 0 Å². The highest BCUT2D eigenvalue weighted by Crippen LogP contribution is 2.33. The largest absolute Gasteiger partial charge is 0.236 e. The molecule has 0 spiro atoms. The van der Waals surface area contributed by atoms with Gasteiger partial charge in [0.05, 0.1) is 15.9 Å². The summed E-state index contributed by atoms with van der Waals surface area (Å²) in [5.74, 6) is -0.258. The summed E-state index contributed by atoms with van der Waals surface area (Å²) in [5, 5.41) is 12.0. The molecule has 2 heterocycles. The van der Waals surface area contributed by atoms with E-state index in [1.54, 1.807) is 10.7 Å². The van der Waals surface area contributed by atoms with Crippen molar-refractivity contribution in [2.45, 2.75) is 0 Å². The van der Waals surface area contributed by atoms with Gasteiger partial charge in [0.15, 0.2) is 0 Å². The van der Waals surface area contributed by atoms with E-state index in [1.165, 1.54) is 29.8 Å². The Bertz CT molecular complexity index is 916. The van der Waals surface area contributed by atoms with Crippen molar-refractivity contribution in [2.24, 2.45) is 0 Å². The summed E-state index contributed by atoms with van der Waals surface area (Å²) in [7, 11) is 0. The van der Waals surface area contributed by atoms with E-state index >= 15 is 0 Å². The average Bonchev–Trinajstić information content (AvgIpc) is 3.16. The van der Waals surface area contributed by atoms with Gasteiger partial charge in [-0.15, -0.1) is 16.4 Å². The third kappa shape index (κ3) is 2.07. The summed E-state index contributed by atoms with van der Waals surface area (Å²) in [6.45, 7) is 0. The Morgan fingerprint density at radius 3 is 2.86 bits per heavy atom. The Morgan fingerprint density at radius 2 is 2.00 bits per heavy atom. The SMILES string of the molecule is Fc1ccc2nc(-c3ccccc3-n3cnnn3)sc2c1. The highest BCUT2D eigenvalue weighted by Gasteiger charge is 2.12. The Kier molecular flexibility index (Phi) is 2.71. The Balaban J connectivity index is 1.93. The summed E-state index contributed by atoms with van der Waals surface area (Å²) in [6, 6.07) is 12.3. The number of para-hydroxylation sites is 1. The van der Waals surface area contributed by atoms with E-state index in [-0.39, 0.29) is 5.82 Å². The van der Waals surface area contributed by atoms with Crippen LogP contribution in [0.1, 0.15) is 0 Å². The fourth-order valence-corrected chi connectivity index (χ4v) is 3.16. The minimum Gasteiger partial charge on any atom is -0.236 e. The van der Waals surface area contributed by atoms with Crippen molar-refractivity contribution in [1.29, 1.82) is 0 Å². The zero-order valence-corrected chi connectivity index (χ0v) is 11.5. The molecule has 0 unspecified atom stereocenters. The zero-order chi connectivity index (χ0) is 14.2. The van der Waals surface area contributed by atoms with Gasteiger partial charge in [-0.1, -0.05) is 12.1 Å². The molecule has 0 atom stereocenters. The molecule has 7 heteroatoms. The third-order valence-electron chi connectivity index (χ3n) is 3.08. The highest BCUT2D eigenvalue weighted by atomic mass is 32.1. The number of halogens is 1. The van der Waals surface area contributed by atoms with Gasteiger partial charge >= 0.3 is 0 Å². The van der Waals surface area contributed by atoms with Crippen molar-refractivity contribution in [2.75, 3.05) is 0 Å². The van der Waals surface area contributed by atoms with Gasteiger partial charge < -0.3 is 0 Å². The lowest BCUT2D eigenvalue weighted by Gasteiger charge is -2.04. The van der Waals surface area contributed by atoms with Crippen LogP contribution in [0.15, 0.2) is 48.8 Å². The summed E-state index contributed by atoms with van der Waals surface area (Å²) >= 11 is 1.44. The van der Waals surface area contributed by atoms with Gasteiger partial charge in [-0.25, -0.2) is 9.37 Å². The highest BCUT2D eigenvalue weighted by molar-refractivity contribution is 7.21. The van der Waals surface area contributed by atoms with Gasteiger partial charge in [0.1, 0.15) is 17.2 Å². The summed E-state index contributed by atoms with van der Waals surface area (Å²) < 4.78 is 15.7. The van der Waals surface area contributed by atoms with Crippen LogP contribution in [0.4, 0.5) is 4.39 Å². The van der Waals surface area contributed by atoms with E-state index < -0.39 is 0 Å². The van der Waals surface area contributed by atoms with Crippen LogP contribution >= 0.6 is 11.3 Å². The van der Waals surface area contributed by atoms with Gasteiger partial charge in [-0.2, -0.15) is 4.68 Å². The quantitative estimate of drug-likeness (QED) is 0.570. The molecule has 21 heavy (non-hydrogen) atoms. The molecular weight excluding hydrogens is 289 g/mol. The standard InChI is InChI=1S/C14H8FN5S/c15-9-5-6-11-13(7-9)21-14(17-11)10-3-1-2-4-12(10)20-8-16-18-19-20/h1-8H. The van der Waals surface area contributed by atoms with Crippen molar-refractivity contribution in [3.05, 3.63) is 54.6 Å². The Labute approximate surface area is 122 Å². The summed E-state index contributed by atoms with van der Waals surface area (Å²) in [4.78, 5) is 4.56. The fourth-order valence-electron chi connectivity index (χ4n) is 2.14. The van der Waals surface area contributed by atoms with Crippen molar-refractivity contribution < 1.29 is 4.39 Å². The van der Waals surface area contributed by atoms with E-state index in [2.05, 4.69) is 20.5 Å². The van der Waals surface area contributed by atoms with Crippen LogP contribution < -0.4 is 0 Å². The van der Waals surface area contributed by atoms with Crippen LogP contribution in [-0.4, -0.2) is 25.2 Å². The van der Waals surface area contributed by atoms with Crippen LogP contribution in [0.5, 0.6) is 0 Å². The number of nitrogens with zero attached hydrogens (tertiary/aromatic N) is 5. The monoisotopic (exact) mass is 297 g/mol. The number of rotatable bonds is 2. The molecule has 0 saturated carbocycles. The maximum Gasteiger partial charge on any atom is 0.143 e.